The summed E-state index contributed by atoms with van der Waals surface area (Å²) in [7, 11) is 0. The van der Waals surface area contributed by atoms with E-state index in [0.29, 0.717) is 13.1 Å². The van der Waals surface area contributed by atoms with E-state index in [9.17, 15) is 4.79 Å². The van der Waals surface area contributed by atoms with Crippen LogP contribution in [0, 0.1) is 0 Å². The molecule has 0 aliphatic heterocycles. The number of aliphatic hydroxyl groups is 1. The topological polar surface area (TPSA) is 61.4 Å². The Bertz CT molecular complexity index is 121. The molecule has 1 atom stereocenters. The van der Waals surface area contributed by atoms with Gasteiger partial charge in [0.05, 0.1) is 0 Å². The fraction of sp³-hybridized carbons (Fsp3) is 0.833. The molecule has 0 rings (SSSR count). The van der Waals surface area contributed by atoms with Crippen LogP contribution in [0.25, 0.3) is 0 Å². The molecule has 0 aliphatic rings. The summed E-state index contributed by atoms with van der Waals surface area (Å²) >= 11 is -0.157. The predicted molar refractivity (Wildman–Crippen MR) is 38.6 cm³/mol. The maximum absolute atomic E-state index is 10.4. The predicted octanol–water partition coefficient (Wildman–Crippen LogP) is -4.29. The third-order valence-corrected chi connectivity index (χ3v) is 2.64. The molecule has 0 saturated carbocycles. The number of aliphatic hydroxyl groups excluding tert-OH is 1. The number of alkyl halides is 2. The Labute approximate surface area is 77.0 Å². The second-order valence-corrected chi connectivity index (χ2v) is 4.42. The van der Waals surface area contributed by atoms with Gasteiger partial charge in [-0.3, -0.25) is 0 Å². The van der Waals surface area contributed by atoms with Gasteiger partial charge in [-0.1, -0.05) is 0 Å². The van der Waals surface area contributed by atoms with Crippen molar-refractivity contribution >= 4 is 5.91 Å². The Kier molecular flexibility index (Phi) is 6.88. The van der Waals surface area contributed by atoms with E-state index in [1.807, 2.05) is 4.93 Å². The van der Waals surface area contributed by atoms with Crippen LogP contribution in [0.4, 0.5) is 0 Å². The standard InChI is InChI=1S/C6H14IN2O2/c1-5(10)8-3-4-9-6(11)7-2/h6,9,11H,3-4H2,1-2H3,(H,8,10)/q-1. The van der Waals surface area contributed by atoms with Gasteiger partial charge < -0.3 is 0 Å². The van der Waals surface area contributed by atoms with Crippen molar-refractivity contribution in [1.29, 1.82) is 0 Å². The summed E-state index contributed by atoms with van der Waals surface area (Å²) in [6.07, 6.45) is 0. The first kappa shape index (κ1) is 11.1. The molecule has 0 bridgehead atoms. The van der Waals surface area contributed by atoms with Crippen LogP contribution in [0.15, 0.2) is 0 Å². The van der Waals surface area contributed by atoms with Gasteiger partial charge in [0.2, 0.25) is 0 Å². The Morgan fingerprint density at radius 1 is 1.64 bits per heavy atom. The average molecular weight is 273 g/mol. The quantitative estimate of drug-likeness (QED) is 0.156. The second kappa shape index (κ2) is 6.81. The van der Waals surface area contributed by atoms with Crippen LogP contribution in [0.3, 0.4) is 0 Å². The van der Waals surface area contributed by atoms with Crippen molar-refractivity contribution in [3.05, 3.63) is 0 Å². The molecule has 0 saturated heterocycles. The summed E-state index contributed by atoms with van der Waals surface area (Å²) < 4.78 is -0.345. The van der Waals surface area contributed by atoms with Crippen LogP contribution < -0.4 is 31.8 Å². The van der Waals surface area contributed by atoms with Crippen LogP contribution in [0.1, 0.15) is 6.92 Å². The molecule has 0 radical (unpaired) electrons. The van der Waals surface area contributed by atoms with Crippen LogP contribution in [-0.2, 0) is 4.79 Å². The van der Waals surface area contributed by atoms with Crippen molar-refractivity contribution < 1.29 is 31.1 Å². The molecule has 0 heterocycles. The molecule has 5 heteroatoms. The van der Waals surface area contributed by atoms with E-state index in [0.717, 1.165) is 0 Å². The molecule has 68 valence electrons. The zero-order valence-electron chi connectivity index (χ0n) is 6.72. The Morgan fingerprint density at radius 3 is 2.73 bits per heavy atom. The Morgan fingerprint density at radius 2 is 2.27 bits per heavy atom. The monoisotopic (exact) mass is 273 g/mol. The molecule has 0 aromatic rings. The van der Waals surface area contributed by atoms with Crippen molar-refractivity contribution in [3.63, 3.8) is 0 Å². The van der Waals surface area contributed by atoms with Gasteiger partial charge in [-0.05, 0) is 0 Å². The van der Waals surface area contributed by atoms with E-state index < -0.39 is 0 Å². The molecule has 1 unspecified atom stereocenters. The molecular formula is C6H14IN2O2-. The summed E-state index contributed by atoms with van der Waals surface area (Å²) in [4.78, 5) is 12.4. The number of hydrogen-bond donors (Lipinski definition) is 3. The number of hydrogen-bond acceptors (Lipinski definition) is 3. The number of carbonyl (C=O) groups is 1. The summed E-state index contributed by atoms with van der Waals surface area (Å²) in [5.41, 5.74) is 0. The van der Waals surface area contributed by atoms with E-state index in [1.54, 1.807) is 0 Å². The zero-order valence-corrected chi connectivity index (χ0v) is 8.88. The van der Waals surface area contributed by atoms with Gasteiger partial charge in [0, 0.05) is 0 Å². The first-order valence-corrected chi connectivity index (χ1v) is 6.71. The minimum absolute atomic E-state index is 0.0347. The second-order valence-electron chi connectivity index (χ2n) is 1.99. The van der Waals surface area contributed by atoms with E-state index >= 15 is 0 Å². The molecule has 4 nitrogen and oxygen atoms in total. The first-order valence-electron chi connectivity index (χ1n) is 3.30. The van der Waals surface area contributed by atoms with Gasteiger partial charge in [0.25, 0.3) is 0 Å². The number of halogens is 1. The average Bonchev–Trinajstić information content (AvgIpc) is 1.97. The fourth-order valence-corrected chi connectivity index (χ4v) is 1.26. The van der Waals surface area contributed by atoms with E-state index in [-0.39, 0.29) is 31.3 Å². The van der Waals surface area contributed by atoms with Gasteiger partial charge in [-0.15, -0.1) is 0 Å². The molecular weight excluding hydrogens is 259 g/mol. The summed E-state index contributed by atoms with van der Waals surface area (Å²) in [5.74, 6) is -0.0347. The van der Waals surface area contributed by atoms with E-state index in [1.165, 1.54) is 6.92 Å². The van der Waals surface area contributed by atoms with E-state index in [2.05, 4.69) is 10.6 Å². The minimum atomic E-state index is -0.345. The number of rotatable bonds is 5. The van der Waals surface area contributed by atoms with Crippen molar-refractivity contribution in [2.45, 2.75) is 11.2 Å². The van der Waals surface area contributed by atoms with E-state index in [4.69, 9.17) is 5.11 Å². The Hall–Kier alpha value is 0.120. The summed E-state index contributed by atoms with van der Waals surface area (Å²) in [6, 6.07) is 0. The van der Waals surface area contributed by atoms with Crippen molar-refractivity contribution in [2.75, 3.05) is 18.0 Å². The molecule has 0 aromatic carbocycles. The molecule has 1 amide bonds. The first-order chi connectivity index (χ1) is 5.16. The molecule has 0 spiro atoms. The van der Waals surface area contributed by atoms with Crippen LogP contribution >= 0.6 is 0 Å². The zero-order chi connectivity index (χ0) is 8.69. The molecule has 11 heavy (non-hydrogen) atoms. The summed E-state index contributed by atoms with van der Waals surface area (Å²) in [5, 5.41) is 14.6. The van der Waals surface area contributed by atoms with Gasteiger partial charge in [0.1, 0.15) is 0 Å². The van der Waals surface area contributed by atoms with Gasteiger partial charge >= 0.3 is 76.8 Å². The van der Waals surface area contributed by atoms with Crippen LogP contribution in [0.2, 0.25) is 0 Å². The van der Waals surface area contributed by atoms with Crippen LogP contribution in [-0.4, -0.2) is 33.3 Å². The fourth-order valence-electron chi connectivity index (χ4n) is 0.507. The van der Waals surface area contributed by atoms with Crippen molar-refractivity contribution in [2.24, 2.45) is 0 Å². The SMILES string of the molecule is C[I-]C(O)NCCNC(C)=O. The molecule has 0 aromatic heterocycles. The number of carbonyl (C=O) groups excluding carboxylic acids is 1. The number of nitrogens with one attached hydrogen (secondary N) is 2. The van der Waals surface area contributed by atoms with Gasteiger partial charge in [0.15, 0.2) is 0 Å². The third-order valence-electron chi connectivity index (χ3n) is 1.02. The molecule has 0 fully saturated rings. The van der Waals surface area contributed by atoms with Crippen LogP contribution in [0.5, 0.6) is 0 Å². The van der Waals surface area contributed by atoms with Crippen molar-refractivity contribution in [1.82, 2.24) is 10.6 Å². The molecule has 0 aliphatic carbocycles. The molecule has 3 N–H and O–H groups in total. The number of amides is 1. The Balaban J connectivity index is 3.08. The third kappa shape index (κ3) is 8.02. The summed E-state index contributed by atoms with van der Waals surface area (Å²) in [6.45, 7) is 2.69. The van der Waals surface area contributed by atoms with Gasteiger partial charge in [-0.2, -0.15) is 0 Å². The van der Waals surface area contributed by atoms with Gasteiger partial charge in [-0.25, -0.2) is 0 Å². The maximum atomic E-state index is 10.4. The van der Waals surface area contributed by atoms with Crippen molar-refractivity contribution in [3.8, 4) is 0 Å². The normalized spacial score (nSPS) is 13.0.